The number of nitrogens with zero attached hydrogens (tertiary/aromatic N) is 1. The lowest BCUT2D eigenvalue weighted by Gasteiger charge is -2.24. The van der Waals surface area contributed by atoms with Crippen LogP contribution in [0.3, 0.4) is 0 Å². The molecular weight excluding hydrogens is 124 g/mol. The van der Waals surface area contributed by atoms with Crippen molar-refractivity contribution in [2.24, 2.45) is 5.92 Å². The van der Waals surface area contributed by atoms with Gasteiger partial charge in [0.2, 0.25) is 0 Å². The Labute approximate surface area is 64.6 Å². The molecule has 0 spiro atoms. The van der Waals surface area contributed by atoms with Crippen molar-refractivity contribution in [3.8, 4) is 0 Å². The minimum Gasteiger partial charge on any atom is -0.252 e. The predicted molar refractivity (Wildman–Crippen MR) is 45.7 cm³/mol. The molecule has 0 amide bonds. The van der Waals surface area contributed by atoms with E-state index in [1.807, 2.05) is 19.1 Å². The van der Waals surface area contributed by atoms with Gasteiger partial charge in [-0.1, -0.05) is 20.8 Å². The molecule has 1 atom stereocenters. The lowest BCUT2D eigenvalue weighted by molar-refractivity contribution is 0.204. The molecule has 0 fully saturated rings. The topological polar surface area (TPSA) is 15.3 Å². The minimum atomic E-state index is 0.620. The molecule has 1 unspecified atom stereocenters. The van der Waals surface area contributed by atoms with E-state index in [4.69, 9.17) is 0 Å². The molecule has 0 aromatic heterocycles. The van der Waals surface area contributed by atoms with Crippen LogP contribution in [-0.4, -0.2) is 25.1 Å². The Balaban J connectivity index is 3.60. The number of hydrogen-bond donors (Lipinski definition) is 1. The standard InChI is InChI=1S/C8H20N2/c1-6-8(7(2)3)9-10(4)5/h7-9H,6H2,1-5H3. The first-order valence-electron chi connectivity index (χ1n) is 4.01. The summed E-state index contributed by atoms with van der Waals surface area (Å²) in [6, 6.07) is 0.620. The lowest BCUT2D eigenvalue weighted by Crippen LogP contribution is -2.42. The molecule has 1 N–H and O–H groups in total. The monoisotopic (exact) mass is 144 g/mol. The van der Waals surface area contributed by atoms with E-state index >= 15 is 0 Å². The normalized spacial score (nSPS) is 14.7. The Morgan fingerprint density at radius 3 is 1.90 bits per heavy atom. The molecule has 0 rings (SSSR count). The van der Waals surface area contributed by atoms with Gasteiger partial charge in [-0.15, -0.1) is 0 Å². The fourth-order valence-corrected chi connectivity index (χ4v) is 1.04. The third kappa shape index (κ3) is 3.85. The van der Waals surface area contributed by atoms with Crippen LogP contribution in [0.25, 0.3) is 0 Å². The highest BCUT2D eigenvalue weighted by Crippen LogP contribution is 2.04. The Hall–Kier alpha value is -0.0800. The van der Waals surface area contributed by atoms with Crippen LogP contribution in [0, 0.1) is 5.92 Å². The van der Waals surface area contributed by atoms with Crippen molar-refractivity contribution in [2.45, 2.75) is 33.2 Å². The predicted octanol–water partition coefficient (Wildman–Crippen LogP) is 1.49. The SMILES string of the molecule is CCC(NN(C)C)C(C)C. The molecule has 10 heavy (non-hydrogen) atoms. The zero-order valence-corrected chi connectivity index (χ0v) is 7.81. The highest BCUT2D eigenvalue weighted by molar-refractivity contribution is 4.65. The van der Waals surface area contributed by atoms with E-state index in [-0.39, 0.29) is 0 Å². The first-order valence-corrected chi connectivity index (χ1v) is 4.01. The first-order chi connectivity index (χ1) is 4.57. The smallest absolute Gasteiger partial charge is 0.0235 e. The van der Waals surface area contributed by atoms with Gasteiger partial charge in [0.25, 0.3) is 0 Å². The fourth-order valence-electron chi connectivity index (χ4n) is 1.04. The van der Waals surface area contributed by atoms with Gasteiger partial charge in [0.15, 0.2) is 0 Å². The molecule has 0 radical (unpaired) electrons. The Bertz CT molecular complexity index is 79.3. The molecule has 2 nitrogen and oxygen atoms in total. The summed E-state index contributed by atoms with van der Waals surface area (Å²) in [5.41, 5.74) is 3.36. The van der Waals surface area contributed by atoms with Crippen LogP contribution < -0.4 is 5.43 Å². The van der Waals surface area contributed by atoms with Crippen LogP contribution in [0.4, 0.5) is 0 Å². The van der Waals surface area contributed by atoms with Crippen LogP contribution in [0.5, 0.6) is 0 Å². The average Bonchev–Trinajstić information content (AvgIpc) is 1.81. The molecule has 0 saturated carbocycles. The maximum Gasteiger partial charge on any atom is 0.0235 e. The zero-order chi connectivity index (χ0) is 8.15. The molecule has 0 aliphatic carbocycles. The summed E-state index contributed by atoms with van der Waals surface area (Å²) in [5.74, 6) is 0.715. The van der Waals surface area contributed by atoms with E-state index in [9.17, 15) is 0 Å². The summed E-state index contributed by atoms with van der Waals surface area (Å²) >= 11 is 0. The molecule has 0 aliphatic rings. The summed E-state index contributed by atoms with van der Waals surface area (Å²) in [6.07, 6.45) is 1.19. The van der Waals surface area contributed by atoms with Crippen molar-refractivity contribution in [1.82, 2.24) is 10.4 Å². The van der Waals surface area contributed by atoms with Gasteiger partial charge in [-0.05, 0) is 12.3 Å². The third-order valence-electron chi connectivity index (χ3n) is 1.67. The van der Waals surface area contributed by atoms with E-state index in [0.29, 0.717) is 12.0 Å². The van der Waals surface area contributed by atoms with Crippen molar-refractivity contribution in [2.75, 3.05) is 14.1 Å². The highest BCUT2D eigenvalue weighted by atomic mass is 15.5. The molecule has 0 saturated heterocycles. The number of nitrogens with one attached hydrogen (secondary N) is 1. The third-order valence-corrected chi connectivity index (χ3v) is 1.67. The molecule has 2 heteroatoms. The summed E-state index contributed by atoms with van der Waals surface area (Å²) in [4.78, 5) is 0. The van der Waals surface area contributed by atoms with Crippen molar-refractivity contribution >= 4 is 0 Å². The molecule has 0 aromatic carbocycles. The van der Waals surface area contributed by atoms with Crippen LogP contribution in [-0.2, 0) is 0 Å². The van der Waals surface area contributed by atoms with Crippen LogP contribution >= 0.6 is 0 Å². The van der Waals surface area contributed by atoms with Gasteiger partial charge in [-0.25, -0.2) is 0 Å². The highest BCUT2D eigenvalue weighted by Gasteiger charge is 2.09. The second-order valence-corrected chi connectivity index (χ2v) is 3.28. The van der Waals surface area contributed by atoms with Crippen LogP contribution in [0.2, 0.25) is 0 Å². The summed E-state index contributed by atoms with van der Waals surface area (Å²) in [6.45, 7) is 6.69. The number of hydrogen-bond acceptors (Lipinski definition) is 2. The second kappa shape index (κ2) is 4.69. The van der Waals surface area contributed by atoms with Crippen molar-refractivity contribution in [3.05, 3.63) is 0 Å². The minimum absolute atomic E-state index is 0.620. The average molecular weight is 144 g/mol. The maximum atomic E-state index is 3.36. The van der Waals surface area contributed by atoms with E-state index in [1.165, 1.54) is 6.42 Å². The lowest BCUT2D eigenvalue weighted by atomic mass is 10.0. The Kier molecular flexibility index (Phi) is 4.65. The first kappa shape index (κ1) is 9.92. The van der Waals surface area contributed by atoms with Gasteiger partial charge in [-0.2, -0.15) is 0 Å². The molecule has 0 heterocycles. The summed E-state index contributed by atoms with van der Waals surface area (Å²) in [5, 5.41) is 2.02. The van der Waals surface area contributed by atoms with Gasteiger partial charge in [0.1, 0.15) is 0 Å². The van der Waals surface area contributed by atoms with Crippen LogP contribution in [0.1, 0.15) is 27.2 Å². The van der Waals surface area contributed by atoms with Gasteiger partial charge < -0.3 is 0 Å². The quantitative estimate of drug-likeness (QED) is 0.601. The summed E-state index contributed by atoms with van der Waals surface area (Å²) in [7, 11) is 4.07. The Morgan fingerprint density at radius 1 is 1.30 bits per heavy atom. The van der Waals surface area contributed by atoms with Gasteiger partial charge >= 0.3 is 0 Å². The van der Waals surface area contributed by atoms with Crippen LogP contribution in [0.15, 0.2) is 0 Å². The van der Waals surface area contributed by atoms with E-state index in [0.717, 1.165) is 0 Å². The number of hydrazine groups is 1. The molecule has 0 bridgehead atoms. The molecule has 62 valence electrons. The Morgan fingerprint density at radius 2 is 1.80 bits per heavy atom. The van der Waals surface area contributed by atoms with Crippen molar-refractivity contribution < 1.29 is 0 Å². The number of rotatable bonds is 4. The summed E-state index contributed by atoms with van der Waals surface area (Å²) < 4.78 is 0. The van der Waals surface area contributed by atoms with E-state index < -0.39 is 0 Å². The van der Waals surface area contributed by atoms with Crippen molar-refractivity contribution in [3.63, 3.8) is 0 Å². The van der Waals surface area contributed by atoms with E-state index in [1.54, 1.807) is 0 Å². The van der Waals surface area contributed by atoms with Crippen molar-refractivity contribution in [1.29, 1.82) is 0 Å². The van der Waals surface area contributed by atoms with Gasteiger partial charge in [-0.3, -0.25) is 10.4 Å². The molecule has 0 aromatic rings. The second-order valence-electron chi connectivity index (χ2n) is 3.28. The fraction of sp³-hybridized carbons (Fsp3) is 1.00. The largest absolute Gasteiger partial charge is 0.252 e. The maximum absolute atomic E-state index is 3.36. The van der Waals surface area contributed by atoms with Gasteiger partial charge in [0.05, 0.1) is 0 Å². The molecular formula is C8H20N2. The van der Waals surface area contributed by atoms with Gasteiger partial charge in [0, 0.05) is 20.1 Å². The zero-order valence-electron chi connectivity index (χ0n) is 7.81. The van der Waals surface area contributed by atoms with E-state index in [2.05, 4.69) is 26.2 Å². The molecule has 0 aliphatic heterocycles.